The Morgan fingerprint density at radius 1 is 1.18 bits per heavy atom. The maximum atomic E-state index is 12.6. The molecule has 0 radical (unpaired) electrons. The third kappa shape index (κ3) is 5.83. The lowest BCUT2D eigenvalue weighted by Crippen LogP contribution is -2.23. The Morgan fingerprint density at radius 2 is 1.94 bits per heavy atom. The molecule has 0 aliphatic carbocycles. The second-order valence-corrected chi connectivity index (χ2v) is 9.03. The Labute approximate surface area is 201 Å². The first-order valence-corrected chi connectivity index (χ1v) is 11.9. The number of rotatable bonds is 6. The van der Waals surface area contributed by atoms with Crippen molar-refractivity contribution in [3.05, 3.63) is 57.9 Å². The van der Waals surface area contributed by atoms with Gasteiger partial charge in [0.05, 0.1) is 36.4 Å². The van der Waals surface area contributed by atoms with E-state index in [9.17, 15) is 9.59 Å². The average molecular weight is 486 g/mol. The molecule has 33 heavy (non-hydrogen) atoms. The third-order valence-electron chi connectivity index (χ3n) is 5.10. The number of ether oxygens (including phenoxy) is 2. The van der Waals surface area contributed by atoms with Gasteiger partial charge < -0.3 is 20.1 Å². The lowest BCUT2D eigenvalue weighted by molar-refractivity contribution is -0.119. The van der Waals surface area contributed by atoms with Crippen molar-refractivity contribution in [2.75, 3.05) is 18.5 Å². The Balaban J connectivity index is 1.39. The first-order chi connectivity index (χ1) is 15.9. The largest absolute Gasteiger partial charge is 0.489 e. The van der Waals surface area contributed by atoms with Crippen LogP contribution in [0.4, 0.5) is 5.13 Å². The van der Waals surface area contributed by atoms with Gasteiger partial charge in [0.15, 0.2) is 16.6 Å². The molecule has 1 unspecified atom stereocenters. The van der Waals surface area contributed by atoms with Crippen LogP contribution in [-0.2, 0) is 16.0 Å². The van der Waals surface area contributed by atoms with E-state index in [4.69, 9.17) is 21.1 Å². The number of aromatic nitrogens is 1. The average Bonchev–Trinajstić information content (AvgIpc) is 3.09. The van der Waals surface area contributed by atoms with Crippen molar-refractivity contribution in [2.24, 2.45) is 0 Å². The number of carbonyl (C=O) groups is 2. The quantitative estimate of drug-likeness (QED) is 0.512. The first-order valence-electron chi connectivity index (χ1n) is 10.6. The summed E-state index contributed by atoms with van der Waals surface area (Å²) in [4.78, 5) is 28.4. The first kappa shape index (κ1) is 23.1. The zero-order valence-electron chi connectivity index (χ0n) is 18.3. The van der Waals surface area contributed by atoms with Crippen LogP contribution in [0, 0.1) is 0 Å². The van der Waals surface area contributed by atoms with Crippen LogP contribution in [0.15, 0.2) is 41.8 Å². The maximum absolute atomic E-state index is 12.6. The molecule has 1 aromatic heterocycles. The summed E-state index contributed by atoms with van der Waals surface area (Å²) in [6.07, 6.45) is 0.922. The summed E-state index contributed by atoms with van der Waals surface area (Å²) >= 11 is 7.68. The monoisotopic (exact) mass is 485 g/mol. The molecule has 172 valence electrons. The highest BCUT2D eigenvalue weighted by Crippen LogP contribution is 2.38. The summed E-state index contributed by atoms with van der Waals surface area (Å²) in [5, 5.41) is 8.56. The summed E-state index contributed by atoms with van der Waals surface area (Å²) in [6, 6.07) is 11.3. The normalized spacial score (nSPS) is 13.7. The Bertz CT molecular complexity index is 1160. The molecule has 4 rings (SSSR count). The van der Waals surface area contributed by atoms with Gasteiger partial charge in [-0.2, -0.15) is 0 Å². The molecule has 2 heterocycles. The predicted molar refractivity (Wildman–Crippen MR) is 129 cm³/mol. The number of fused-ring (bicyclic) bond motifs is 1. The fraction of sp³-hybridized carbons (Fsp3) is 0.292. The fourth-order valence-electron chi connectivity index (χ4n) is 3.53. The van der Waals surface area contributed by atoms with Crippen molar-refractivity contribution in [1.82, 2.24) is 10.3 Å². The molecule has 3 aromatic rings. The highest BCUT2D eigenvalue weighted by atomic mass is 35.5. The van der Waals surface area contributed by atoms with Gasteiger partial charge in [0.25, 0.3) is 0 Å². The van der Waals surface area contributed by atoms with Crippen LogP contribution >= 0.6 is 22.9 Å². The van der Waals surface area contributed by atoms with Gasteiger partial charge in [-0.15, -0.1) is 11.3 Å². The van der Waals surface area contributed by atoms with E-state index in [-0.39, 0.29) is 24.3 Å². The SMILES string of the molecule is CC(=O)NC(C)c1ccc(-c2csc(NC(=O)Cc3cc(Cl)c4c(c3)OCCCO4)n2)cc1. The second kappa shape index (κ2) is 10.2. The van der Waals surface area contributed by atoms with Gasteiger partial charge in [-0.1, -0.05) is 35.9 Å². The number of amides is 2. The van der Waals surface area contributed by atoms with Gasteiger partial charge in [0, 0.05) is 24.3 Å². The summed E-state index contributed by atoms with van der Waals surface area (Å²) in [7, 11) is 0. The zero-order valence-corrected chi connectivity index (χ0v) is 19.9. The number of anilines is 1. The molecule has 0 saturated heterocycles. The molecular weight excluding hydrogens is 462 g/mol. The molecule has 2 amide bonds. The summed E-state index contributed by atoms with van der Waals surface area (Å²) in [6.45, 7) is 4.53. The highest BCUT2D eigenvalue weighted by molar-refractivity contribution is 7.14. The Hall–Kier alpha value is -3.10. The maximum Gasteiger partial charge on any atom is 0.230 e. The number of hydrogen-bond acceptors (Lipinski definition) is 6. The minimum atomic E-state index is -0.194. The van der Waals surface area contributed by atoms with E-state index in [0.29, 0.717) is 34.9 Å². The second-order valence-electron chi connectivity index (χ2n) is 7.76. The molecule has 7 nitrogen and oxygen atoms in total. The molecule has 1 atom stereocenters. The lowest BCUT2D eigenvalue weighted by Gasteiger charge is -2.13. The number of nitrogens with zero attached hydrogens (tertiary/aromatic N) is 1. The van der Waals surface area contributed by atoms with Crippen molar-refractivity contribution in [3.8, 4) is 22.8 Å². The van der Waals surface area contributed by atoms with Crippen LogP contribution in [0.2, 0.25) is 5.02 Å². The minimum absolute atomic E-state index is 0.0690. The van der Waals surface area contributed by atoms with Crippen molar-refractivity contribution >= 4 is 39.9 Å². The van der Waals surface area contributed by atoms with E-state index in [1.165, 1.54) is 18.3 Å². The van der Waals surface area contributed by atoms with E-state index in [1.54, 1.807) is 12.1 Å². The van der Waals surface area contributed by atoms with Gasteiger partial charge >= 0.3 is 0 Å². The standard InChI is InChI=1S/C24H24ClN3O4S/c1-14(26-15(2)29)17-4-6-18(7-5-17)20-13-33-24(27-20)28-22(30)12-16-10-19(25)23-21(11-16)31-8-3-9-32-23/h4-7,10-11,13-14H,3,8-9,12H2,1-2H3,(H,26,29)(H,27,28,30). The summed E-state index contributed by atoms with van der Waals surface area (Å²) in [5.74, 6) is 0.831. The molecule has 0 spiro atoms. The number of nitrogens with one attached hydrogen (secondary N) is 2. The van der Waals surface area contributed by atoms with Crippen LogP contribution in [0.25, 0.3) is 11.3 Å². The molecular formula is C24H24ClN3O4S. The molecule has 9 heteroatoms. The van der Waals surface area contributed by atoms with E-state index in [0.717, 1.165) is 28.8 Å². The Kier molecular flexibility index (Phi) is 7.15. The molecule has 2 aromatic carbocycles. The number of halogens is 1. The molecule has 0 fully saturated rings. The van der Waals surface area contributed by atoms with Crippen LogP contribution in [0.1, 0.15) is 37.4 Å². The zero-order chi connectivity index (χ0) is 23.4. The van der Waals surface area contributed by atoms with Crippen LogP contribution < -0.4 is 20.1 Å². The summed E-state index contributed by atoms with van der Waals surface area (Å²) < 4.78 is 11.3. The Morgan fingerprint density at radius 3 is 2.70 bits per heavy atom. The number of hydrogen-bond donors (Lipinski definition) is 2. The molecule has 0 bridgehead atoms. The van der Waals surface area contributed by atoms with Crippen molar-refractivity contribution in [2.45, 2.75) is 32.7 Å². The highest BCUT2D eigenvalue weighted by Gasteiger charge is 2.17. The van der Waals surface area contributed by atoms with Gasteiger partial charge in [-0.25, -0.2) is 4.98 Å². The number of carbonyl (C=O) groups excluding carboxylic acids is 2. The molecule has 1 aliphatic heterocycles. The van der Waals surface area contributed by atoms with E-state index >= 15 is 0 Å². The van der Waals surface area contributed by atoms with Crippen LogP contribution in [-0.4, -0.2) is 30.0 Å². The fourth-order valence-corrected chi connectivity index (χ4v) is 4.55. The summed E-state index contributed by atoms with van der Waals surface area (Å²) in [5.41, 5.74) is 3.45. The van der Waals surface area contributed by atoms with Crippen LogP contribution in [0.3, 0.4) is 0 Å². The minimum Gasteiger partial charge on any atom is -0.489 e. The molecule has 0 saturated carbocycles. The lowest BCUT2D eigenvalue weighted by atomic mass is 10.1. The number of thiazole rings is 1. The molecule has 2 N–H and O–H groups in total. The predicted octanol–water partition coefficient (Wildman–Crippen LogP) is 5.00. The van der Waals surface area contributed by atoms with Gasteiger partial charge in [0.2, 0.25) is 11.8 Å². The van der Waals surface area contributed by atoms with Gasteiger partial charge in [0.1, 0.15) is 0 Å². The van der Waals surface area contributed by atoms with Crippen molar-refractivity contribution < 1.29 is 19.1 Å². The molecule has 1 aliphatic rings. The number of benzene rings is 2. The van der Waals surface area contributed by atoms with E-state index in [1.807, 2.05) is 36.6 Å². The van der Waals surface area contributed by atoms with E-state index < -0.39 is 0 Å². The van der Waals surface area contributed by atoms with Crippen LogP contribution in [0.5, 0.6) is 11.5 Å². The van der Waals surface area contributed by atoms with E-state index in [2.05, 4.69) is 15.6 Å². The van der Waals surface area contributed by atoms with Crippen molar-refractivity contribution in [3.63, 3.8) is 0 Å². The van der Waals surface area contributed by atoms with Gasteiger partial charge in [-0.05, 0) is 30.2 Å². The topological polar surface area (TPSA) is 89.6 Å². The smallest absolute Gasteiger partial charge is 0.230 e. The third-order valence-corrected chi connectivity index (χ3v) is 6.14. The van der Waals surface area contributed by atoms with Gasteiger partial charge in [-0.3, -0.25) is 9.59 Å². The van der Waals surface area contributed by atoms with Crippen molar-refractivity contribution in [1.29, 1.82) is 0 Å².